The molecule has 0 saturated heterocycles. The maximum Gasteiger partial charge on any atom is 0.224 e. The molecule has 5 heteroatoms. The van der Waals surface area contributed by atoms with Crippen LogP contribution in [0.25, 0.3) is 0 Å². The molecule has 1 aliphatic rings. The van der Waals surface area contributed by atoms with Crippen LogP contribution in [0.15, 0.2) is 30.4 Å². The summed E-state index contributed by atoms with van der Waals surface area (Å²) in [7, 11) is 1.48. The second-order valence-corrected chi connectivity index (χ2v) is 6.33. The zero-order chi connectivity index (χ0) is 17.5. The molecule has 1 amide bonds. The van der Waals surface area contributed by atoms with Crippen LogP contribution in [-0.2, 0) is 16.0 Å². The molecule has 0 spiro atoms. The number of benzene rings is 1. The van der Waals surface area contributed by atoms with Crippen LogP contribution in [0.1, 0.15) is 38.2 Å². The van der Waals surface area contributed by atoms with Crippen molar-refractivity contribution in [2.45, 2.75) is 45.1 Å². The Hall–Kier alpha value is -2.30. The van der Waals surface area contributed by atoms with Gasteiger partial charge in [0.15, 0.2) is 17.3 Å². The second-order valence-electron chi connectivity index (χ2n) is 6.33. The highest BCUT2D eigenvalue weighted by atomic mass is 16.5. The molecule has 1 saturated carbocycles. The van der Waals surface area contributed by atoms with E-state index in [9.17, 15) is 14.7 Å². The minimum atomic E-state index is -0.0227. The molecule has 1 aromatic rings. The van der Waals surface area contributed by atoms with E-state index in [2.05, 4.69) is 5.32 Å². The number of methoxy groups -OCH3 is 1. The van der Waals surface area contributed by atoms with E-state index in [-0.39, 0.29) is 29.9 Å². The van der Waals surface area contributed by atoms with Gasteiger partial charge in [-0.15, -0.1) is 0 Å². The highest BCUT2D eigenvalue weighted by Crippen LogP contribution is 2.27. The van der Waals surface area contributed by atoms with Crippen molar-refractivity contribution in [3.63, 3.8) is 0 Å². The van der Waals surface area contributed by atoms with E-state index in [1.165, 1.54) is 13.2 Å². The Morgan fingerprint density at radius 2 is 2.00 bits per heavy atom. The average molecular weight is 331 g/mol. The number of aromatic hydroxyl groups is 1. The van der Waals surface area contributed by atoms with E-state index < -0.39 is 0 Å². The molecule has 1 aromatic carbocycles. The Morgan fingerprint density at radius 1 is 1.29 bits per heavy atom. The van der Waals surface area contributed by atoms with E-state index in [0.29, 0.717) is 11.7 Å². The number of ketones is 1. The lowest BCUT2D eigenvalue weighted by molar-refractivity contribution is -0.121. The number of ether oxygens (including phenoxy) is 1. The standard InChI is InChI=1S/C19H25NO4/c1-13(21)3-4-14-5-8-16(9-6-14)20-19(23)12-15-7-10-17(22)18(11-15)24-2/h3-4,7,10-11,14,16,22H,5-6,8-9,12H2,1-2H3,(H,20,23)/b4-3+. The molecule has 1 fully saturated rings. The van der Waals surface area contributed by atoms with Crippen LogP contribution in [0.2, 0.25) is 0 Å². The summed E-state index contributed by atoms with van der Waals surface area (Å²) in [4.78, 5) is 23.2. The number of rotatable bonds is 6. The second kappa shape index (κ2) is 8.52. The Morgan fingerprint density at radius 3 is 2.62 bits per heavy atom. The summed E-state index contributed by atoms with van der Waals surface area (Å²) in [6.45, 7) is 1.56. The number of allylic oxidation sites excluding steroid dienone is 2. The minimum absolute atomic E-state index is 0.0227. The van der Waals surface area contributed by atoms with Gasteiger partial charge in [-0.25, -0.2) is 0 Å². The smallest absolute Gasteiger partial charge is 0.224 e. The predicted molar refractivity (Wildman–Crippen MR) is 92.1 cm³/mol. The van der Waals surface area contributed by atoms with Crippen molar-refractivity contribution < 1.29 is 19.4 Å². The fourth-order valence-corrected chi connectivity index (χ4v) is 3.02. The fraction of sp³-hybridized carbons (Fsp3) is 0.474. The largest absolute Gasteiger partial charge is 0.504 e. The van der Waals surface area contributed by atoms with Crippen molar-refractivity contribution in [2.75, 3.05) is 7.11 Å². The SMILES string of the molecule is COc1cc(CC(=O)NC2CCC(/C=C/C(C)=O)CC2)ccc1O. The van der Waals surface area contributed by atoms with E-state index in [1.54, 1.807) is 25.1 Å². The predicted octanol–water partition coefficient (Wildman–Crippen LogP) is 2.76. The minimum Gasteiger partial charge on any atom is -0.504 e. The molecule has 5 nitrogen and oxygen atoms in total. The quantitative estimate of drug-likeness (QED) is 0.786. The van der Waals surface area contributed by atoms with Crippen LogP contribution in [0.4, 0.5) is 0 Å². The molecule has 0 radical (unpaired) electrons. The Balaban J connectivity index is 1.80. The first-order valence-electron chi connectivity index (χ1n) is 8.32. The maximum atomic E-state index is 12.2. The normalized spacial score (nSPS) is 20.8. The van der Waals surface area contributed by atoms with Gasteiger partial charge in [0, 0.05) is 6.04 Å². The number of hydrogen-bond acceptors (Lipinski definition) is 4. The molecule has 0 aliphatic heterocycles. The van der Waals surface area contributed by atoms with Crippen molar-refractivity contribution in [1.29, 1.82) is 0 Å². The van der Waals surface area contributed by atoms with Gasteiger partial charge >= 0.3 is 0 Å². The molecule has 24 heavy (non-hydrogen) atoms. The lowest BCUT2D eigenvalue weighted by Crippen LogP contribution is -2.38. The van der Waals surface area contributed by atoms with Crippen molar-refractivity contribution in [3.8, 4) is 11.5 Å². The Labute approximate surface area is 142 Å². The third-order valence-electron chi connectivity index (χ3n) is 4.35. The first kappa shape index (κ1) is 18.0. The van der Waals surface area contributed by atoms with Crippen molar-refractivity contribution in [2.24, 2.45) is 5.92 Å². The molecule has 0 unspecified atom stereocenters. The van der Waals surface area contributed by atoms with Crippen LogP contribution < -0.4 is 10.1 Å². The molecular formula is C19H25NO4. The summed E-state index contributed by atoms with van der Waals surface area (Å²) in [5.41, 5.74) is 0.806. The van der Waals surface area contributed by atoms with E-state index in [1.807, 2.05) is 6.08 Å². The third-order valence-corrected chi connectivity index (χ3v) is 4.35. The summed E-state index contributed by atoms with van der Waals surface area (Å²) in [5, 5.41) is 12.7. The highest BCUT2D eigenvalue weighted by Gasteiger charge is 2.21. The summed E-state index contributed by atoms with van der Waals surface area (Å²) in [5.74, 6) is 0.931. The lowest BCUT2D eigenvalue weighted by atomic mass is 9.85. The van der Waals surface area contributed by atoms with Gasteiger partial charge in [-0.05, 0) is 62.3 Å². The summed E-state index contributed by atoms with van der Waals surface area (Å²) in [6.07, 6.45) is 7.73. The van der Waals surface area contributed by atoms with Crippen LogP contribution in [-0.4, -0.2) is 29.9 Å². The van der Waals surface area contributed by atoms with Crippen molar-refractivity contribution in [1.82, 2.24) is 5.32 Å². The van der Waals surface area contributed by atoms with E-state index in [4.69, 9.17) is 4.74 Å². The molecule has 2 rings (SSSR count). The van der Waals surface area contributed by atoms with E-state index in [0.717, 1.165) is 31.2 Å². The van der Waals surface area contributed by atoms with Crippen LogP contribution >= 0.6 is 0 Å². The Bertz CT molecular complexity index is 616. The molecule has 0 atom stereocenters. The average Bonchev–Trinajstić information content (AvgIpc) is 2.56. The molecule has 0 heterocycles. The van der Waals surface area contributed by atoms with Gasteiger partial charge in [-0.2, -0.15) is 0 Å². The molecule has 2 N–H and O–H groups in total. The maximum absolute atomic E-state index is 12.2. The number of nitrogens with one attached hydrogen (secondary N) is 1. The van der Waals surface area contributed by atoms with Gasteiger partial charge in [0.05, 0.1) is 13.5 Å². The van der Waals surface area contributed by atoms with Crippen LogP contribution in [0.3, 0.4) is 0 Å². The number of hydrogen-bond donors (Lipinski definition) is 2. The first-order chi connectivity index (χ1) is 11.5. The highest BCUT2D eigenvalue weighted by molar-refractivity contribution is 5.87. The number of phenolic OH excluding ortho intramolecular Hbond substituents is 1. The van der Waals surface area contributed by atoms with E-state index >= 15 is 0 Å². The number of carbonyl (C=O) groups excluding carboxylic acids is 2. The molecule has 0 aromatic heterocycles. The molecule has 0 bridgehead atoms. The molecule has 1 aliphatic carbocycles. The first-order valence-corrected chi connectivity index (χ1v) is 8.32. The van der Waals surface area contributed by atoms with Crippen LogP contribution in [0.5, 0.6) is 11.5 Å². The van der Waals surface area contributed by atoms with Gasteiger partial charge in [0.2, 0.25) is 5.91 Å². The zero-order valence-corrected chi connectivity index (χ0v) is 14.2. The van der Waals surface area contributed by atoms with Gasteiger partial charge in [-0.1, -0.05) is 12.1 Å². The summed E-state index contributed by atoms with van der Waals surface area (Å²) < 4.78 is 5.06. The van der Waals surface area contributed by atoms with Gasteiger partial charge in [-0.3, -0.25) is 9.59 Å². The van der Waals surface area contributed by atoms with Gasteiger partial charge < -0.3 is 15.2 Å². The van der Waals surface area contributed by atoms with Crippen LogP contribution in [0, 0.1) is 5.92 Å². The van der Waals surface area contributed by atoms with Crippen molar-refractivity contribution >= 4 is 11.7 Å². The monoisotopic (exact) mass is 331 g/mol. The Kier molecular flexibility index (Phi) is 6.41. The summed E-state index contributed by atoms with van der Waals surface area (Å²) >= 11 is 0. The lowest BCUT2D eigenvalue weighted by Gasteiger charge is -2.27. The van der Waals surface area contributed by atoms with Crippen molar-refractivity contribution in [3.05, 3.63) is 35.9 Å². The third kappa shape index (κ3) is 5.41. The number of phenols is 1. The summed E-state index contributed by atoms with van der Waals surface area (Å²) in [6, 6.07) is 5.13. The molecular weight excluding hydrogens is 306 g/mol. The zero-order valence-electron chi connectivity index (χ0n) is 14.2. The topological polar surface area (TPSA) is 75.6 Å². The number of amides is 1. The van der Waals surface area contributed by atoms with Gasteiger partial charge in [0.25, 0.3) is 0 Å². The fourth-order valence-electron chi connectivity index (χ4n) is 3.02. The number of carbonyl (C=O) groups is 2. The van der Waals surface area contributed by atoms with Gasteiger partial charge in [0.1, 0.15) is 0 Å². The molecule has 130 valence electrons.